The molecule has 0 bridgehead atoms. The van der Waals surface area contributed by atoms with E-state index >= 15 is 0 Å². The maximum Gasteiger partial charge on any atom is 0.234 e. The van der Waals surface area contributed by atoms with Crippen LogP contribution in [0.1, 0.15) is 44.1 Å². The number of nitrogens with zero attached hydrogens (tertiary/aromatic N) is 2. The van der Waals surface area contributed by atoms with Gasteiger partial charge in [0, 0.05) is 12.6 Å². The molecule has 2 atom stereocenters. The zero-order chi connectivity index (χ0) is 14.0. The van der Waals surface area contributed by atoms with E-state index in [1.165, 1.54) is 0 Å². The summed E-state index contributed by atoms with van der Waals surface area (Å²) >= 11 is 0. The van der Waals surface area contributed by atoms with Gasteiger partial charge in [0.2, 0.25) is 5.91 Å². The Labute approximate surface area is 112 Å². The number of hydrogen-bond acceptors (Lipinski definition) is 4. The molecule has 0 spiro atoms. The number of carbonyl (C=O) groups excluding carboxylic acids is 2. The first kappa shape index (κ1) is 13.8. The minimum Gasteiger partial charge on any atom is -0.360 e. The lowest BCUT2D eigenvalue weighted by Gasteiger charge is -2.26. The molecule has 0 aliphatic carbocycles. The molecule has 5 nitrogen and oxygen atoms in total. The molecular formula is C14H20N2O3. The zero-order valence-electron chi connectivity index (χ0n) is 11.6. The molecule has 0 saturated carbocycles. The first-order valence-corrected chi connectivity index (χ1v) is 6.73. The molecule has 2 rings (SSSR count). The second-order valence-electron chi connectivity index (χ2n) is 5.47. The number of hydrogen-bond donors (Lipinski definition) is 0. The third-order valence-corrected chi connectivity index (χ3v) is 3.62. The van der Waals surface area contributed by atoms with E-state index in [0.717, 1.165) is 24.8 Å². The van der Waals surface area contributed by atoms with Gasteiger partial charge in [0.05, 0.1) is 11.7 Å². The third kappa shape index (κ3) is 2.69. The van der Waals surface area contributed by atoms with Crippen molar-refractivity contribution < 1.29 is 14.1 Å². The number of amides is 1. The van der Waals surface area contributed by atoms with Gasteiger partial charge in [0.15, 0.2) is 0 Å². The van der Waals surface area contributed by atoms with Crippen LogP contribution in [-0.4, -0.2) is 34.8 Å². The molecule has 1 fully saturated rings. The number of rotatable bonds is 4. The van der Waals surface area contributed by atoms with Crippen molar-refractivity contribution in [2.24, 2.45) is 5.92 Å². The summed E-state index contributed by atoms with van der Waals surface area (Å²) in [6.07, 6.45) is 2.51. The summed E-state index contributed by atoms with van der Waals surface area (Å²) < 4.78 is 5.25. The van der Waals surface area contributed by atoms with Crippen molar-refractivity contribution in [1.29, 1.82) is 0 Å². The summed E-state index contributed by atoms with van der Waals surface area (Å²) in [5.41, 5.74) is 0.766. The summed E-state index contributed by atoms with van der Waals surface area (Å²) in [4.78, 5) is 25.3. The van der Waals surface area contributed by atoms with E-state index < -0.39 is 0 Å². The van der Waals surface area contributed by atoms with E-state index in [0.29, 0.717) is 12.3 Å². The topological polar surface area (TPSA) is 63.4 Å². The van der Waals surface area contributed by atoms with Crippen LogP contribution in [0.15, 0.2) is 10.6 Å². The number of likely N-dealkylation sites (tertiary alicyclic amines) is 1. The lowest BCUT2D eigenvalue weighted by atomic mass is 9.91. The smallest absolute Gasteiger partial charge is 0.234 e. The Morgan fingerprint density at radius 3 is 2.84 bits per heavy atom. The van der Waals surface area contributed by atoms with Crippen LogP contribution in [-0.2, 0) is 9.59 Å². The number of aromatic nitrogens is 1. The van der Waals surface area contributed by atoms with Crippen LogP contribution in [0.5, 0.6) is 0 Å². The highest BCUT2D eigenvalue weighted by Crippen LogP contribution is 2.30. The van der Waals surface area contributed by atoms with Gasteiger partial charge in [-0.15, -0.1) is 0 Å². The summed E-state index contributed by atoms with van der Waals surface area (Å²) in [6.45, 7) is 6.44. The van der Waals surface area contributed by atoms with Crippen molar-refractivity contribution in [3.63, 3.8) is 0 Å². The SMILES string of the molecule is Cc1cc(C(C(=O)N2CCCC2C=O)C(C)C)on1. The Morgan fingerprint density at radius 1 is 1.58 bits per heavy atom. The van der Waals surface area contributed by atoms with Crippen LogP contribution in [0, 0.1) is 12.8 Å². The van der Waals surface area contributed by atoms with Gasteiger partial charge in [-0.05, 0) is 25.7 Å². The number of aryl methyl sites for hydroxylation is 1. The highest BCUT2D eigenvalue weighted by atomic mass is 16.5. The Hall–Kier alpha value is -1.65. The summed E-state index contributed by atoms with van der Waals surface area (Å²) in [6, 6.07) is 1.52. The standard InChI is InChI=1S/C14H20N2O3/c1-9(2)13(12-7-10(3)15-19-12)14(18)16-6-4-5-11(16)8-17/h7-9,11,13H,4-6H2,1-3H3. The first-order valence-electron chi connectivity index (χ1n) is 6.73. The zero-order valence-corrected chi connectivity index (χ0v) is 11.6. The lowest BCUT2D eigenvalue weighted by molar-refractivity contribution is -0.137. The van der Waals surface area contributed by atoms with Gasteiger partial charge in [0.1, 0.15) is 18.0 Å². The van der Waals surface area contributed by atoms with Crippen LogP contribution in [0.25, 0.3) is 0 Å². The monoisotopic (exact) mass is 264 g/mol. The van der Waals surface area contributed by atoms with Gasteiger partial charge < -0.3 is 14.2 Å². The number of carbonyl (C=O) groups is 2. The average molecular weight is 264 g/mol. The minimum absolute atomic E-state index is 0.0271. The molecule has 2 heterocycles. The fourth-order valence-electron chi connectivity index (χ4n) is 2.65. The van der Waals surface area contributed by atoms with Crippen LogP contribution in [0.4, 0.5) is 0 Å². The predicted molar refractivity (Wildman–Crippen MR) is 69.6 cm³/mol. The van der Waals surface area contributed by atoms with Crippen LogP contribution >= 0.6 is 0 Å². The molecule has 0 radical (unpaired) electrons. The molecule has 1 aliphatic rings. The second kappa shape index (κ2) is 5.55. The molecule has 1 amide bonds. The van der Waals surface area contributed by atoms with Crippen molar-refractivity contribution in [3.8, 4) is 0 Å². The number of aldehydes is 1. The van der Waals surface area contributed by atoms with E-state index in [9.17, 15) is 9.59 Å². The van der Waals surface area contributed by atoms with Gasteiger partial charge >= 0.3 is 0 Å². The van der Waals surface area contributed by atoms with Crippen molar-refractivity contribution in [2.75, 3.05) is 6.54 Å². The molecule has 1 saturated heterocycles. The molecule has 19 heavy (non-hydrogen) atoms. The highest BCUT2D eigenvalue weighted by Gasteiger charge is 2.36. The van der Waals surface area contributed by atoms with Crippen LogP contribution in [0.3, 0.4) is 0 Å². The minimum atomic E-state index is -0.359. The van der Waals surface area contributed by atoms with E-state index in [-0.39, 0.29) is 23.8 Å². The van der Waals surface area contributed by atoms with Gasteiger partial charge in [-0.1, -0.05) is 19.0 Å². The summed E-state index contributed by atoms with van der Waals surface area (Å²) in [5, 5.41) is 3.85. The van der Waals surface area contributed by atoms with Crippen molar-refractivity contribution in [3.05, 3.63) is 17.5 Å². The molecule has 0 aromatic carbocycles. The van der Waals surface area contributed by atoms with Gasteiger partial charge in [-0.2, -0.15) is 0 Å². The summed E-state index contributed by atoms with van der Waals surface area (Å²) in [7, 11) is 0. The molecule has 1 aromatic rings. The Bertz CT molecular complexity index is 467. The van der Waals surface area contributed by atoms with Crippen LogP contribution < -0.4 is 0 Å². The van der Waals surface area contributed by atoms with E-state index in [2.05, 4.69) is 5.16 Å². The van der Waals surface area contributed by atoms with Gasteiger partial charge in [0.25, 0.3) is 0 Å². The van der Waals surface area contributed by atoms with Crippen molar-refractivity contribution in [2.45, 2.75) is 45.6 Å². The Balaban J connectivity index is 2.24. The largest absolute Gasteiger partial charge is 0.360 e. The maximum absolute atomic E-state index is 12.6. The molecular weight excluding hydrogens is 244 g/mol. The molecule has 104 valence electrons. The normalized spacial score (nSPS) is 20.8. The maximum atomic E-state index is 12.6. The average Bonchev–Trinajstić information content (AvgIpc) is 2.97. The predicted octanol–water partition coefficient (Wildman–Crippen LogP) is 1.91. The van der Waals surface area contributed by atoms with Gasteiger partial charge in [-0.3, -0.25) is 4.79 Å². The summed E-state index contributed by atoms with van der Waals surface area (Å²) in [5.74, 6) is 0.310. The van der Waals surface area contributed by atoms with E-state index in [4.69, 9.17) is 4.52 Å². The third-order valence-electron chi connectivity index (χ3n) is 3.62. The first-order chi connectivity index (χ1) is 9.04. The fraction of sp³-hybridized carbons (Fsp3) is 0.643. The molecule has 2 unspecified atom stereocenters. The molecule has 1 aliphatic heterocycles. The lowest BCUT2D eigenvalue weighted by Crippen LogP contribution is -2.40. The molecule has 0 N–H and O–H groups in total. The molecule has 1 aromatic heterocycles. The van der Waals surface area contributed by atoms with E-state index in [1.807, 2.05) is 20.8 Å². The Kier molecular flexibility index (Phi) is 4.02. The highest BCUT2D eigenvalue weighted by molar-refractivity contribution is 5.86. The fourth-order valence-corrected chi connectivity index (χ4v) is 2.65. The van der Waals surface area contributed by atoms with Crippen molar-refractivity contribution >= 4 is 12.2 Å². The van der Waals surface area contributed by atoms with E-state index in [1.54, 1.807) is 11.0 Å². The van der Waals surface area contributed by atoms with Crippen LogP contribution in [0.2, 0.25) is 0 Å². The Morgan fingerprint density at radius 2 is 2.32 bits per heavy atom. The quantitative estimate of drug-likeness (QED) is 0.779. The second-order valence-corrected chi connectivity index (χ2v) is 5.47. The molecule has 5 heteroatoms. The van der Waals surface area contributed by atoms with Gasteiger partial charge in [-0.25, -0.2) is 0 Å². The van der Waals surface area contributed by atoms with Crippen molar-refractivity contribution in [1.82, 2.24) is 10.1 Å².